The molecule has 2 unspecified atom stereocenters. The van der Waals surface area contributed by atoms with Gasteiger partial charge in [-0.05, 0) is 24.6 Å². The average Bonchev–Trinajstić information content (AvgIpc) is 2.88. The molecule has 1 spiro atoms. The molecule has 1 fully saturated rings. The molecule has 108 valence electrons. The molecule has 2 atom stereocenters. The highest BCUT2D eigenvalue weighted by Crippen LogP contribution is 2.33. The molecular weight excluding hydrogens is 276 g/mol. The SMILES string of the molecule is O=S(=O)(Cc1ccccc1)C1CNCCC12C=CNO2. The van der Waals surface area contributed by atoms with Crippen LogP contribution >= 0.6 is 0 Å². The summed E-state index contributed by atoms with van der Waals surface area (Å²) < 4.78 is 25.5. The normalized spacial score (nSPS) is 29.5. The first-order valence-electron chi connectivity index (χ1n) is 6.70. The second-order valence-electron chi connectivity index (χ2n) is 5.24. The number of nitrogens with one attached hydrogen (secondary N) is 2. The summed E-state index contributed by atoms with van der Waals surface area (Å²) in [6.07, 6.45) is 4.16. The third-order valence-corrected chi connectivity index (χ3v) is 6.06. The standard InChI is InChI=1S/C14H18N2O3S/c17-20(18,11-12-4-2-1-3-5-12)13-10-15-8-6-14(13)7-9-16-19-14/h1-5,7,9,13,15-16H,6,8,10-11H2. The first kappa shape index (κ1) is 13.6. The summed E-state index contributed by atoms with van der Waals surface area (Å²) in [4.78, 5) is 5.54. The molecule has 1 aromatic rings. The summed E-state index contributed by atoms with van der Waals surface area (Å²) in [5.41, 5.74) is 2.75. The van der Waals surface area contributed by atoms with Crippen LogP contribution in [0.3, 0.4) is 0 Å². The van der Waals surface area contributed by atoms with E-state index in [1.54, 1.807) is 6.20 Å². The zero-order chi connectivity index (χ0) is 14.1. The van der Waals surface area contributed by atoms with Crippen molar-refractivity contribution < 1.29 is 13.3 Å². The van der Waals surface area contributed by atoms with Gasteiger partial charge in [0.2, 0.25) is 0 Å². The van der Waals surface area contributed by atoms with Crippen molar-refractivity contribution in [2.75, 3.05) is 13.1 Å². The van der Waals surface area contributed by atoms with E-state index in [0.717, 1.165) is 12.1 Å². The Hall–Kier alpha value is -1.37. The molecule has 0 radical (unpaired) electrons. The van der Waals surface area contributed by atoms with Gasteiger partial charge in [0.25, 0.3) is 0 Å². The number of rotatable bonds is 3. The van der Waals surface area contributed by atoms with E-state index in [0.29, 0.717) is 13.0 Å². The highest BCUT2D eigenvalue weighted by atomic mass is 32.2. The van der Waals surface area contributed by atoms with Crippen LogP contribution in [-0.2, 0) is 20.4 Å². The van der Waals surface area contributed by atoms with Crippen molar-refractivity contribution in [3.63, 3.8) is 0 Å². The van der Waals surface area contributed by atoms with Gasteiger partial charge in [0.05, 0.1) is 5.75 Å². The molecule has 0 aromatic heterocycles. The summed E-state index contributed by atoms with van der Waals surface area (Å²) in [7, 11) is -3.31. The maximum Gasteiger partial charge on any atom is 0.161 e. The molecule has 0 amide bonds. The molecule has 2 aliphatic rings. The lowest BCUT2D eigenvalue weighted by molar-refractivity contribution is -0.0512. The van der Waals surface area contributed by atoms with E-state index in [1.165, 1.54) is 0 Å². The Bertz CT molecular complexity index is 600. The largest absolute Gasteiger partial charge is 0.315 e. The quantitative estimate of drug-likeness (QED) is 0.861. The lowest BCUT2D eigenvalue weighted by atomic mass is 9.92. The van der Waals surface area contributed by atoms with E-state index in [1.807, 2.05) is 36.4 Å². The lowest BCUT2D eigenvalue weighted by Gasteiger charge is -2.38. The van der Waals surface area contributed by atoms with E-state index in [2.05, 4.69) is 10.8 Å². The molecule has 2 aliphatic heterocycles. The monoisotopic (exact) mass is 294 g/mol. The molecule has 6 heteroatoms. The molecule has 2 N–H and O–H groups in total. The zero-order valence-electron chi connectivity index (χ0n) is 11.1. The maximum absolute atomic E-state index is 12.7. The Morgan fingerprint density at radius 2 is 2.10 bits per heavy atom. The van der Waals surface area contributed by atoms with Gasteiger partial charge in [-0.1, -0.05) is 30.3 Å². The van der Waals surface area contributed by atoms with Crippen LogP contribution in [0.2, 0.25) is 0 Å². The van der Waals surface area contributed by atoms with Gasteiger partial charge >= 0.3 is 0 Å². The summed E-state index contributed by atoms with van der Waals surface area (Å²) in [6, 6.07) is 9.27. The van der Waals surface area contributed by atoms with Gasteiger partial charge in [-0.25, -0.2) is 8.42 Å². The Morgan fingerprint density at radius 3 is 2.80 bits per heavy atom. The maximum atomic E-state index is 12.7. The van der Waals surface area contributed by atoms with Crippen molar-refractivity contribution in [2.24, 2.45) is 0 Å². The van der Waals surface area contributed by atoms with Crippen LogP contribution in [0.15, 0.2) is 42.6 Å². The van der Waals surface area contributed by atoms with Crippen molar-refractivity contribution >= 4 is 9.84 Å². The van der Waals surface area contributed by atoms with Gasteiger partial charge in [-0.15, -0.1) is 0 Å². The van der Waals surface area contributed by atoms with Gasteiger partial charge in [0, 0.05) is 12.7 Å². The van der Waals surface area contributed by atoms with Crippen LogP contribution in [-0.4, -0.2) is 32.4 Å². The minimum atomic E-state index is -3.31. The number of hydroxylamine groups is 1. The van der Waals surface area contributed by atoms with Gasteiger partial charge in [0.15, 0.2) is 9.84 Å². The predicted molar refractivity (Wildman–Crippen MR) is 76.4 cm³/mol. The molecule has 0 aliphatic carbocycles. The molecule has 0 saturated carbocycles. The van der Waals surface area contributed by atoms with Crippen molar-refractivity contribution in [2.45, 2.75) is 23.0 Å². The van der Waals surface area contributed by atoms with E-state index in [4.69, 9.17) is 4.84 Å². The first-order chi connectivity index (χ1) is 9.62. The first-order valence-corrected chi connectivity index (χ1v) is 8.41. The van der Waals surface area contributed by atoms with Crippen LogP contribution in [0.4, 0.5) is 0 Å². The van der Waals surface area contributed by atoms with Gasteiger partial charge in [-0.2, -0.15) is 0 Å². The highest BCUT2D eigenvalue weighted by molar-refractivity contribution is 7.91. The fourth-order valence-corrected chi connectivity index (χ4v) is 4.93. The molecule has 0 bridgehead atoms. The Balaban J connectivity index is 1.87. The van der Waals surface area contributed by atoms with E-state index >= 15 is 0 Å². The van der Waals surface area contributed by atoms with E-state index < -0.39 is 20.7 Å². The summed E-state index contributed by atoms with van der Waals surface area (Å²) in [5, 5.41) is 2.58. The van der Waals surface area contributed by atoms with Crippen LogP contribution < -0.4 is 10.8 Å². The van der Waals surface area contributed by atoms with Crippen molar-refractivity contribution in [1.82, 2.24) is 10.8 Å². The Morgan fingerprint density at radius 1 is 1.30 bits per heavy atom. The van der Waals surface area contributed by atoms with Crippen LogP contribution in [0, 0.1) is 0 Å². The third kappa shape index (κ3) is 2.46. The number of hydrogen-bond acceptors (Lipinski definition) is 5. The number of sulfone groups is 1. The molecule has 20 heavy (non-hydrogen) atoms. The van der Waals surface area contributed by atoms with E-state index in [9.17, 15) is 8.42 Å². The predicted octanol–water partition coefficient (Wildman–Crippen LogP) is 0.751. The average molecular weight is 294 g/mol. The van der Waals surface area contributed by atoms with Crippen LogP contribution in [0.25, 0.3) is 0 Å². The van der Waals surface area contributed by atoms with Gasteiger partial charge < -0.3 is 5.32 Å². The molecule has 1 aromatic carbocycles. The fourth-order valence-electron chi connectivity index (χ4n) is 2.85. The molecule has 3 rings (SSSR count). The minimum absolute atomic E-state index is 0.0408. The lowest BCUT2D eigenvalue weighted by Crippen LogP contribution is -2.57. The number of piperidine rings is 1. The smallest absolute Gasteiger partial charge is 0.161 e. The second-order valence-corrected chi connectivity index (χ2v) is 7.43. The third-order valence-electron chi connectivity index (χ3n) is 3.89. The fraction of sp³-hybridized carbons (Fsp3) is 0.429. The highest BCUT2D eigenvalue weighted by Gasteiger charge is 2.49. The van der Waals surface area contributed by atoms with Crippen molar-refractivity contribution in [3.05, 3.63) is 48.2 Å². The summed E-state index contributed by atoms with van der Waals surface area (Å²) >= 11 is 0. The summed E-state index contributed by atoms with van der Waals surface area (Å²) in [5.74, 6) is 0.0408. The summed E-state index contributed by atoms with van der Waals surface area (Å²) in [6.45, 7) is 1.17. The Labute approximate surface area is 118 Å². The Kier molecular flexibility index (Phi) is 3.54. The van der Waals surface area contributed by atoms with Gasteiger partial charge in [0.1, 0.15) is 10.9 Å². The van der Waals surface area contributed by atoms with Crippen LogP contribution in [0.1, 0.15) is 12.0 Å². The molecule has 2 heterocycles. The molecule has 5 nitrogen and oxygen atoms in total. The minimum Gasteiger partial charge on any atom is -0.315 e. The van der Waals surface area contributed by atoms with Gasteiger partial charge in [-0.3, -0.25) is 10.3 Å². The van der Waals surface area contributed by atoms with E-state index in [-0.39, 0.29) is 5.75 Å². The number of benzene rings is 1. The topological polar surface area (TPSA) is 67.4 Å². The van der Waals surface area contributed by atoms with Crippen molar-refractivity contribution in [1.29, 1.82) is 0 Å². The molecular formula is C14H18N2O3S. The molecule has 1 saturated heterocycles. The number of hydrogen-bond donors (Lipinski definition) is 2. The van der Waals surface area contributed by atoms with Crippen molar-refractivity contribution in [3.8, 4) is 0 Å². The zero-order valence-corrected chi connectivity index (χ0v) is 11.9. The second kappa shape index (κ2) is 5.20. The van der Waals surface area contributed by atoms with Crippen LogP contribution in [0.5, 0.6) is 0 Å².